The van der Waals surface area contributed by atoms with Crippen molar-refractivity contribution in [2.24, 2.45) is 0 Å². The van der Waals surface area contributed by atoms with Crippen LogP contribution in [0.15, 0.2) is 40.2 Å². The van der Waals surface area contributed by atoms with Crippen molar-refractivity contribution in [1.29, 1.82) is 0 Å². The van der Waals surface area contributed by atoms with E-state index in [4.69, 9.17) is 4.74 Å². The van der Waals surface area contributed by atoms with Crippen LogP contribution in [0.25, 0.3) is 11.4 Å². The van der Waals surface area contributed by atoms with Gasteiger partial charge < -0.3 is 14.6 Å². The number of carbonyl (C=O) groups excluding carboxylic acids is 1. The number of rotatable bonds is 5. The number of methoxy groups -OCH3 is 1. The van der Waals surface area contributed by atoms with Gasteiger partial charge in [-0.1, -0.05) is 17.3 Å². The molecule has 0 bridgehead atoms. The zero-order valence-corrected chi connectivity index (χ0v) is 13.1. The summed E-state index contributed by atoms with van der Waals surface area (Å²) in [6.45, 7) is 0. The van der Waals surface area contributed by atoms with Gasteiger partial charge in [0.15, 0.2) is 0 Å². The third-order valence-corrected chi connectivity index (χ3v) is 3.96. The van der Waals surface area contributed by atoms with E-state index in [0.717, 1.165) is 0 Å². The van der Waals surface area contributed by atoms with Crippen LogP contribution in [-0.4, -0.2) is 23.2 Å². The van der Waals surface area contributed by atoms with Crippen molar-refractivity contribution in [3.63, 3.8) is 0 Å². The second-order valence-corrected chi connectivity index (χ2v) is 5.53. The van der Waals surface area contributed by atoms with E-state index >= 15 is 0 Å². The fraction of sp³-hybridized carbons (Fsp3) is 0.133. The summed E-state index contributed by atoms with van der Waals surface area (Å²) in [6.07, 6.45) is -2.83. The maximum atomic E-state index is 12.5. The van der Waals surface area contributed by atoms with Gasteiger partial charge in [-0.15, -0.1) is 11.3 Å². The number of alkyl halides is 2. The minimum Gasteiger partial charge on any atom is -0.495 e. The summed E-state index contributed by atoms with van der Waals surface area (Å²) in [5.41, 5.74) is 0.915. The molecular weight excluding hydrogens is 340 g/mol. The molecule has 2 aromatic heterocycles. The standard InChI is InChI=1S/C15H11F2N3O3S/c1-22-10-5-6-24-11(10)14(21)18-9-4-2-3-8(7-9)13-19-15(12(16)17)23-20-13/h2-7,12H,1H3,(H,18,21). The number of anilines is 1. The molecule has 0 atom stereocenters. The van der Waals surface area contributed by atoms with Gasteiger partial charge >= 0.3 is 6.43 Å². The lowest BCUT2D eigenvalue weighted by molar-refractivity contribution is 0.102. The molecule has 0 aliphatic rings. The van der Waals surface area contributed by atoms with Crippen LogP contribution < -0.4 is 10.1 Å². The van der Waals surface area contributed by atoms with Crippen LogP contribution in [0.1, 0.15) is 22.0 Å². The van der Waals surface area contributed by atoms with Crippen LogP contribution in [0.3, 0.4) is 0 Å². The number of amides is 1. The Hall–Kier alpha value is -2.81. The Morgan fingerprint density at radius 3 is 2.92 bits per heavy atom. The predicted octanol–water partition coefficient (Wildman–Crippen LogP) is 4.00. The maximum absolute atomic E-state index is 12.5. The molecule has 0 unspecified atom stereocenters. The maximum Gasteiger partial charge on any atom is 0.315 e. The fourth-order valence-electron chi connectivity index (χ4n) is 1.99. The van der Waals surface area contributed by atoms with Crippen LogP contribution in [0.4, 0.5) is 14.5 Å². The first kappa shape index (κ1) is 16.1. The zero-order chi connectivity index (χ0) is 17.1. The fourth-order valence-corrected chi connectivity index (χ4v) is 2.74. The third-order valence-electron chi connectivity index (χ3n) is 3.06. The molecule has 3 aromatic rings. The Morgan fingerprint density at radius 2 is 2.21 bits per heavy atom. The lowest BCUT2D eigenvalue weighted by atomic mass is 10.2. The van der Waals surface area contributed by atoms with Crippen LogP contribution >= 0.6 is 11.3 Å². The average molecular weight is 351 g/mol. The van der Waals surface area contributed by atoms with E-state index in [0.29, 0.717) is 21.9 Å². The highest BCUT2D eigenvalue weighted by atomic mass is 32.1. The van der Waals surface area contributed by atoms with Crippen LogP contribution in [0, 0.1) is 0 Å². The molecule has 6 nitrogen and oxygen atoms in total. The number of nitrogens with zero attached hydrogens (tertiary/aromatic N) is 2. The van der Waals surface area contributed by atoms with E-state index in [1.54, 1.807) is 35.7 Å². The minimum atomic E-state index is -2.83. The SMILES string of the molecule is COc1ccsc1C(=O)Nc1cccc(-c2noc(C(F)F)n2)c1. The van der Waals surface area contributed by atoms with E-state index < -0.39 is 12.3 Å². The van der Waals surface area contributed by atoms with Crippen molar-refractivity contribution in [3.05, 3.63) is 46.5 Å². The van der Waals surface area contributed by atoms with Crippen molar-refractivity contribution in [3.8, 4) is 17.1 Å². The van der Waals surface area contributed by atoms with Gasteiger partial charge in [0.2, 0.25) is 5.82 Å². The molecule has 0 aliphatic heterocycles. The summed E-state index contributed by atoms with van der Waals surface area (Å²) in [7, 11) is 1.48. The quantitative estimate of drug-likeness (QED) is 0.752. The number of aromatic nitrogens is 2. The zero-order valence-electron chi connectivity index (χ0n) is 12.3. The number of carbonyl (C=O) groups is 1. The normalized spacial score (nSPS) is 10.8. The molecular formula is C15H11F2N3O3S. The van der Waals surface area contributed by atoms with Crippen molar-refractivity contribution in [2.45, 2.75) is 6.43 Å². The Balaban J connectivity index is 1.81. The van der Waals surface area contributed by atoms with Crippen LogP contribution in [0.5, 0.6) is 5.75 Å². The molecule has 0 spiro atoms. The number of hydrogen-bond acceptors (Lipinski definition) is 6. The predicted molar refractivity (Wildman–Crippen MR) is 83.5 cm³/mol. The summed E-state index contributed by atoms with van der Waals surface area (Å²) < 4.78 is 34.6. The second-order valence-electron chi connectivity index (χ2n) is 4.61. The molecule has 1 N–H and O–H groups in total. The van der Waals surface area contributed by atoms with Crippen molar-refractivity contribution < 1.29 is 22.8 Å². The number of benzene rings is 1. The van der Waals surface area contributed by atoms with Gasteiger partial charge in [0, 0.05) is 11.3 Å². The highest BCUT2D eigenvalue weighted by Crippen LogP contribution is 2.27. The smallest absolute Gasteiger partial charge is 0.315 e. The number of hydrogen-bond donors (Lipinski definition) is 1. The lowest BCUT2D eigenvalue weighted by Gasteiger charge is -2.06. The minimum absolute atomic E-state index is 0.0232. The molecule has 0 saturated heterocycles. The largest absolute Gasteiger partial charge is 0.495 e. The first-order valence-electron chi connectivity index (χ1n) is 6.73. The molecule has 1 amide bonds. The number of nitrogens with one attached hydrogen (secondary N) is 1. The Bertz CT molecular complexity index is 863. The van der Waals surface area contributed by atoms with E-state index in [-0.39, 0.29) is 11.7 Å². The average Bonchev–Trinajstić information content (AvgIpc) is 3.24. The van der Waals surface area contributed by atoms with Crippen molar-refractivity contribution >= 4 is 22.9 Å². The molecule has 2 heterocycles. The molecule has 3 rings (SSSR count). The number of halogens is 2. The van der Waals surface area contributed by atoms with Gasteiger partial charge in [-0.2, -0.15) is 13.8 Å². The number of ether oxygens (including phenoxy) is 1. The van der Waals surface area contributed by atoms with E-state index in [2.05, 4.69) is 20.0 Å². The monoisotopic (exact) mass is 351 g/mol. The highest BCUT2D eigenvalue weighted by molar-refractivity contribution is 7.12. The topological polar surface area (TPSA) is 77.2 Å². The molecule has 0 radical (unpaired) electrons. The van der Waals surface area contributed by atoms with Gasteiger partial charge in [-0.3, -0.25) is 4.79 Å². The number of thiophene rings is 1. The molecule has 0 fully saturated rings. The summed E-state index contributed by atoms with van der Waals surface area (Å²) >= 11 is 1.25. The van der Waals surface area contributed by atoms with E-state index in [1.807, 2.05) is 0 Å². The molecule has 9 heteroatoms. The van der Waals surface area contributed by atoms with Gasteiger partial charge in [0.25, 0.3) is 11.8 Å². The third kappa shape index (κ3) is 3.25. The summed E-state index contributed by atoms with van der Waals surface area (Å²) in [5, 5.41) is 7.97. The Kier molecular flexibility index (Phi) is 4.52. The van der Waals surface area contributed by atoms with E-state index in [1.165, 1.54) is 18.4 Å². The molecule has 24 heavy (non-hydrogen) atoms. The summed E-state index contributed by atoms with van der Waals surface area (Å²) in [6, 6.07) is 8.20. The summed E-state index contributed by atoms with van der Waals surface area (Å²) in [5.74, 6) is -0.577. The lowest BCUT2D eigenvalue weighted by Crippen LogP contribution is -2.11. The van der Waals surface area contributed by atoms with Gasteiger partial charge in [0.05, 0.1) is 7.11 Å². The molecule has 1 aromatic carbocycles. The molecule has 124 valence electrons. The first-order valence-corrected chi connectivity index (χ1v) is 7.61. The van der Waals surface area contributed by atoms with Crippen molar-refractivity contribution in [2.75, 3.05) is 12.4 Å². The Morgan fingerprint density at radius 1 is 1.38 bits per heavy atom. The van der Waals surface area contributed by atoms with Crippen LogP contribution in [-0.2, 0) is 0 Å². The Labute approximate surface area is 139 Å². The van der Waals surface area contributed by atoms with Crippen molar-refractivity contribution in [1.82, 2.24) is 10.1 Å². The van der Waals surface area contributed by atoms with Gasteiger partial charge in [0.1, 0.15) is 10.6 Å². The van der Waals surface area contributed by atoms with Gasteiger partial charge in [-0.25, -0.2) is 0 Å². The summed E-state index contributed by atoms with van der Waals surface area (Å²) in [4.78, 5) is 16.3. The molecule has 0 saturated carbocycles. The van der Waals surface area contributed by atoms with E-state index in [9.17, 15) is 13.6 Å². The first-order chi connectivity index (χ1) is 11.6. The highest BCUT2D eigenvalue weighted by Gasteiger charge is 2.18. The van der Waals surface area contributed by atoms with Crippen LogP contribution in [0.2, 0.25) is 0 Å². The van der Waals surface area contributed by atoms with Gasteiger partial charge in [-0.05, 0) is 23.6 Å². The molecule has 0 aliphatic carbocycles. The second kappa shape index (κ2) is 6.75.